The average Bonchev–Trinajstić information content (AvgIpc) is 2.37. The first-order valence-corrected chi connectivity index (χ1v) is 5.69. The SMILES string of the molecule is CCc1nc2ccccc2nc1CC(=O)NC. The van der Waals surface area contributed by atoms with Crippen molar-refractivity contribution in [2.24, 2.45) is 0 Å². The number of para-hydroxylation sites is 2. The number of likely N-dealkylation sites (N-methyl/N-ethyl adjacent to an activating group) is 1. The smallest absolute Gasteiger partial charge is 0.225 e. The van der Waals surface area contributed by atoms with Gasteiger partial charge in [-0.2, -0.15) is 0 Å². The molecule has 2 aromatic rings. The highest BCUT2D eigenvalue weighted by Crippen LogP contribution is 2.13. The fourth-order valence-corrected chi connectivity index (χ4v) is 1.74. The predicted molar refractivity (Wildman–Crippen MR) is 66.7 cm³/mol. The van der Waals surface area contributed by atoms with Crippen molar-refractivity contribution in [3.05, 3.63) is 35.7 Å². The Morgan fingerprint density at radius 3 is 2.29 bits per heavy atom. The number of aryl methyl sites for hydroxylation is 1. The highest BCUT2D eigenvalue weighted by Gasteiger charge is 2.10. The third-order valence-corrected chi connectivity index (χ3v) is 2.67. The summed E-state index contributed by atoms with van der Waals surface area (Å²) >= 11 is 0. The fourth-order valence-electron chi connectivity index (χ4n) is 1.74. The number of carbonyl (C=O) groups is 1. The molecule has 0 saturated carbocycles. The van der Waals surface area contributed by atoms with Gasteiger partial charge in [0.25, 0.3) is 0 Å². The molecule has 88 valence electrons. The topological polar surface area (TPSA) is 54.9 Å². The monoisotopic (exact) mass is 229 g/mol. The summed E-state index contributed by atoms with van der Waals surface area (Å²) in [5.74, 6) is -0.0377. The van der Waals surface area contributed by atoms with Crippen LogP contribution in [0.3, 0.4) is 0 Å². The van der Waals surface area contributed by atoms with Crippen molar-refractivity contribution in [1.29, 1.82) is 0 Å². The number of carbonyl (C=O) groups excluding carboxylic acids is 1. The van der Waals surface area contributed by atoms with Gasteiger partial charge in [0.2, 0.25) is 5.91 Å². The maximum atomic E-state index is 11.4. The van der Waals surface area contributed by atoms with E-state index in [1.54, 1.807) is 7.05 Å². The Labute approximate surface area is 100 Å². The highest BCUT2D eigenvalue weighted by molar-refractivity contribution is 5.79. The van der Waals surface area contributed by atoms with E-state index >= 15 is 0 Å². The zero-order valence-electron chi connectivity index (χ0n) is 10.0. The maximum Gasteiger partial charge on any atom is 0.225 e. The van der Waals surface area contributed by atoms with E-state index in [0.717, 1.165) is 28.8 Å². The molecule has 1 amide bonds. The third-order valence-electron chi connectivity index (χ3n) is 2.67. The van der Waals surface area contributed by atoms with Crippen molar-refractivity contribution in [3.8, 4) is 0 Å². The van der Waals surface area contributed by atoms with Crippen molar-refractivity contribution in [2.45, 2.75) is 19.8 Å². The number of rotatable bonds is 3. The van der Waals surface area contributed by atoms with Gasteiger partial charge in [0.1, 0.15) is 0 Å². The third kappa shape index (κ3) is 2.41. The molecule has 1 aromatic heterocycles. The first-order valence-electron chi connectivity index (χ1n) is 5.69. The first-order chi connectivity index (χ1) is 8.24. The van der Waals surface area contributed by atoms with E-state index in [9.17, 15) is 4.79 Å². The van der Waals surface area contributed by atoms with Crippen LogP contribution in [0.2, 0.25) is 0 Å². The van der Waals surface area contributed by atoms with E-state index in [2.05, 4.69) is 15.3 Å². The molecular formula is C13H15N3O. The van der Waals surface area contributed by atoms with Crippen LogP contribution >= 0.6 is 0 Å². The van der Waals surface area contributed by atoms with Gasteiger partial charge < -0.3 is 5.32 Å². The number of amides is 1. The summed E-state index contributed by atoms with van der Waals surface area (Å²) in [6.07, 6.45) is 1.07. The molecule has 0 unspecified atom stereocenters. The summed E-state index contributed by atoms with van der Waals surface area (Å²) in [5, 5.41) is 2.61. The Morgan fingerprint density at radius 1 is 1.18 bits per heavy atom. The van der Waals surface area contributed by atoms with Crippen molar-refractivity contribution in [3.63, 3.8) is 0 Å². The van der Waals surface area contributed by atoms with E-state index < -0.39 is 0 Å². The molecule has 0 saturated heterocycles. The van der Waals surface area contributed by atoms with Gasteiger partial charge >= 0.3 is 0 Å². The minimum absolute atomic E-state index is 0.0377. The van der Waals surface area contributed by atoms with Crippen molar-refractivity contribution in [2.75, 3.05) is 7.05 Å². The molecule has 0 fully saturated rings. The summed E-state index contributed by atoms with van der Waals surface area (Å²) in [6.45, 7) is 2.02. The molecule has 0 aliphatic heterocycles. The van der Waals surface area contributed by atoms with Crippen LogP contribution in [0.4, 0.5) is 0 Å². The van der Waals surface area contributed by atoms with Gasteiger partial charge in [0.15, 0.2) is 0 Å². The molecular weight excluding hydrogens is 214 g/mol. The number of nitrogens with one attached hydrogen (secondary N) is 1. The summed E-state index contributed by atoms with van der Waals surface area (Å²) in [6, 6.07) is 7.71. The van der Waals surface area contributed by atoms with E-state index in [4.69, 9.17) is 0 Å². The van der Waals surface area contributed by atoms with Gasteiger partial charge in [0.05, 0.1) is 28.8 Å². The Bertz CT molecular complexity index is 551. The largest absolute Gasteiger partial charge is 0.359 e. The van der Waals surface area contributed by atoms with Crippen molar-refractivity contribution < 1.29 is 4.79 Å². The van der Waals surface area contributed by atoms with Crippen LogP contribution in [0.25, 0.3) is 11.0 Å². The molecule has 1 N–H and O–H groups in total. The minimum Gasteiger partial charge on any atom is -0.359 e. The zero-order chi connectivity index (χ0) is 12.3. The van der Waals surface area contributed by atoms with Gasteiger partial charge in [-0.3, -0.25) is 4.79 Å². The van der Waals surface area contributed by atoms with E-state index in [1.807, 2.05) is 31.2 Å². The second-order valence-electron chi connectivity index (χ2n) is 3.81. The fraction of sp³-hybridized carbons (Fsp3) is 0.308. The maximum absolute atomic E-state index is 11.4. The van der Waals surface area contributed by atoms with Crippen molar-refractivity contribution in [1.82, 2.24) is 15.3 Å². The quantitative estimate of drug-likeness (QED) is 0.867. The van der Waals surface area contributed by atoms with Gasteiger partial charge in [-0.25, -0.2) is 9.97 Å². The second kappa shape index (κ2) is 4.91. The van der Waals surface area contributed by atoms with Crippen LogP contribution in [0.5, 0.6) is 0 Å². The molecule has 1 heterocycles. The predicted octanol–water partition coefficient (Wildman–Crippen LogP) is 1.48. The normalized spacial score (nSPS) is 10.5. The van der Waals surface area contributed by atoms with E-state index in [0.29, 0.717) is 0 Å². The van der Waals surface area contributed by atoms with Gasteiger partial charge in [-0.15, -0.1) is 0 Å². The number of fused-ring (bicyclic) bond motifs is 1. The molecule has 0 atom stereocenters. The summed E-state index contributed by atoms with van der Waals surface area (Å²) in [4.78, 5) is 20.5. The lowest BCUT2D eigenvalue weighted by Crippen LogP contribution is -2.21. The Morgan fingerprint density at radius 2 is 1.76 bits per heavy atom. The van der Waals surface area contributed by atoms with E-state index in [-0.39, 0.29) is 12.3 Å². The number of hydrogen-bond donors (Lipinski definition) is 1. The number of benzene rings is 1. The molecule has 17 heavy (non-hydrogen) atoms. The summed E-state index contributed by atoms with van der Waals surface area (Å²) in [7, 11) is 1.63. The average molecular weight is 229 g/mol. The van der Waals surface area contributed by atoms with Gasteiger partial charge in [-0.1, -0.05) is 19.1 Å². The van der Waals surface area contributed by atoms with Crippen LogP contribution in [-0.4, -0.2) is 22.9 Å². The standard InChI is InChI=1S/C13H15N3O/c1-3-9-12(8-13(17)14-2)16-11-7-5-4-6-10(11)15-9/h4-7H,3,8H2,1-2H3,(H,14,17). The van der Waals surface area contributed by atoms with Crippen LogP contribution < -0.4 is 5.32 Å². The van der Waals surface area contributed by atoms with Crippen LogP contribution in [0, 0.1) is 0 Å². The van der Waals surface area contributed by atoms with Crippen LogP contribution in [-0.2, 0) is 17.6 Å². The zero-order valence-corrected chi connectivity index (χ0v) is 10.0. The molecule has 4 nitrogen and oxygen atoms in total. The van der Waals surface area contributed by atoms with Gasteiger partial charge in [-0.05, 0) is 18.6 Å². The number of hydrogen-bond acceptors (Lipinski definition) is 3. The molecule has 1 aromatic carbocycles. The van der Waals surface area contributed by atoms with E-state index in [1.165, 1.54) is 0 Å². The molecule has 0 radical (unpaired) electrons. The van der Waals surface area contributed by atoms with Crippen LogP contribution in [0.1, 0.15) is 18.3 Å². The Kier molecular flexibility index (Phi) is 3.32. The summed E-state index contributed by atoms with van der Waals surface area (Å²) < 4.78 is 0. The Hall–Kier alpha value is -1.97. The molecule has 2 rings (SSSR count). The lowest BCUT2D eigenvalue weighted by molar-refractivity contribution is -0.120. The number of aromatic nitrogens is 2. The Balaban J connectivity index is 2.49. The molecule has 0 aliphatic rings. The summed E-state index contributed by atoms with van der Waals surface area (Å²) in [5.41, 5.74) is 3.38. The molecule has 0 spiro atoms. The number of nitrogens with zero attached hydrogens (tertiary/aromatic N) is 2. The minimum atomic E-state index is -0.0377. The van der Waals surface area contributed by atoms with Crippen LogP contribution in [0.15, 0.2) is 24.3 Å². The lowest BCUT2D eigenvalue weighted by Gasteiger charge is -2.07. The molecule has 0 bridgehead atoms. The van der Waals surface area contributed by atoms with Gasteiger partial charge in [0, 0.05) is 7.05 Å². The van der Waals surface area contributed by atoms with Crippen molar-refractivity contribution >= 4 is 16.9 Å². The second-order valence-corrected chi connectivity index (χ2v) is 3.81. The molecule has 0 aliphatic carbocycles. The lowest BCUT2D eigenvalue weighted by atomic mass is 10.1. The highest BCUT2D eigenvalue weighted by atomic mass is 16.1. The first kappa shape index (κ1) is 11.5. The molecule has 4 heteroatoms.